The molecule has 0 fully saturated rings. The van der Waals surface area contributed by atoms with Crippen LogP contribution in [0.1, 0.15) is 21.1 Å². The summed E-state index contributed by atoms with van der Waals surface area (Å²) in [5.41, 5.74) is 3.77. The summed E-state index contributed by atoms with van der Waals surface area (Å²) >= 11 is 1.39. The maximum Gasteiger partial charge on any atom is 0.224 e. The van der Waals surface area contributed by atoms with Crippen LogP contribution in [-0.4, -0.2) is 25.6 Å². The van der Waals surface area contributed by atoms with Crippen LogP contribution < -0.4 is 0 Å². The largest absolute Gasteiger partial charge is 0.286 e. The lowest BCUT2D eigenvalue weighted by Crippen LogP contribution is -2.06. The summed E-state index contributed by atoms with van der Waals surface area (Å²) < 4.78 is 1.63. The number of benzene rings is 1. The first-order chi connectivity index (χ1) is 11.2. The molecular formula is C17H12N4OS. The fourth-order valence-electron chi connectivity index (χ4n) is 2.54. The van der Waals surface area contributed by atoms with Crippen LogP contribution in [0.3, 0.4) is 0 Å². The molecule has 0 spiro atoms. The molecule has 0 aliphatic rings. The van der Waals surface area contributed by atoms with E-state index in [-0.39, 0.29) is 5.78 Å². The standard InChI is InChI=1S/C17H12N4OS/c1-11-15(12-6-3-2-4-7-12)17-19-18-13(10-21(17)20-11)16(22)14-8-5-9-23-14/h2-10H,1H3. The molecule has 0 saturated carbocycles. The second kappa shape index (κ2) is 5.40. The first kappa shape index (κ1) is 13.8. The summed E-state index contributed by atoms with van der Waals surface area (Å²) in [4.78, 5) is 13.0. The van der Waals surface area contributed by atoms with Crippen molar-refractivity contribution >= 4 is 22.8 Å². The van der Waals surface area contributed by atoms with Crippen LogP contribution in [0.15, 0.2) is 54.0 Å². The van der Waals surface area contributed by atoms with Gasteiger partial charge in [0.2, 0.25) is 5.78 Å². The molecule has 0 atom stereocenters. The lowest BCUT2D eigenvalue weighted by molar-refractivity contribution is 0.103. The highest BCUT2D eigenvalue weighted by atomic mass is 32.1. The van der Waals surface area contributed by atoms with Gasteiger partial charge in [0, 0.05) is 0 Å². The van der Waals surface area contributed by atoms with E-state index < -0.39 is 0 Å². The van der Waals surface area contributed by atoms with Gasteiger partial charge in [-0.3, -0.25) is 4.79 Å². The van der Waals surface area contributed by atoms with E-state index in [9.17, 15) is 4.79 Å². The summed E-state index contributed by atoms with van der Waals surface area (Å²) in [6.45, 7) is 1.93. The molecule has 0 amide bonds. The van der Waals surface area contributed by atoms with Crippen molar-refractivity contribution in [3.05, 3.63) is 70.3 Å². The third-order valence-corrected chi connectivity index (χ3v) is 4.47. The minimum absolute atomic E-state index is 0.135. The lowest BCUT2D eigenvalue weighted by atomic mass is 10.1. The van der Waals surface area contributed by atoms with Crippen molar-refractivity contribution in [2.75, 3.05) is 0 Å². The van der Waals surface area contributed by atoms with Gasteiger partial charge in [-0.25, -0.2) is 4.52 Å². The van der Waals surface area contributed by atoms with Gasteiger partial charge in [0.15, 0.2) is 11.3 Å². The fraction of sp³-hybridized carbons (Fsp3) is 0.0588. The predicted octanol–water partition coefficient (Wildman–Crippen LogP) is 3.39. The van der Waals surface area contributed by atoms with Gasteiger partial charge in [-0.1, -0.05) is 36.4 Å². The average Bonchev–Trinajstić information content (AvgIpc) is 3.21. The Hall–Kier alpha value is -2.86. The third-order valence-electron chi connectivity index (χ3n) is 3.60. The zero-order valence-corrected chi connectivity index (χ0v) is 13.1. The van der Waals surface area contributed by atoms with Crippen LogP contribution in [0.2, 0.25) is 0 Å². The SMILES string of the molecule is Cc1nn2cc(C(=O)c3cccs3)nnc2c1-c1ccccc1. The van der Waals surface area contributed by atoms with Crippen LogP contribution in [0.4, 0.5) is 0 Å². The third kappa shape index (κ3) is 2.33. The number of aromatic nitrogens is 4. The first-order valence-electron chi connectivity index (χ1n) is 7.10. The minimum atomic E-state index is -0.135. The van der Waals surface area contributed by atoms with Gasteiger partial charge in [-0.05, 0) is 23.9 Å². The zero-order chi connectivity index (χ0) is 15.8. The van der Waals surface area contributed by atoms with E-state index in [1.54, 1.807) is 16.8 Å². The van der Waals surface area contributed by atoms with Crippen LogP contribution in [-0.2, 0) is 0 Å². The topological polar surface area (TPSA) is 60.2 Å². The number of hydrogen-bond donors (Lipinski definition) is 0. The lowest BCUT2D eigenvalue weighted by Gasteiger charge is -2.00. The Morgan fingerprint density at radius 3 is 2.65 bits per heavy atom. The van der Waals surface area contributed by atoms with Gasteiger partial charge in [-0.2, -0.15) is 5.10 Å². The van der Waals surface area contributed by atoms with E-state index in [1.165, 1.54) is 11.3 Å². The molecule has 23 heavy (non-hydrogen) atoms. The Labute approximate surface area is 136 Å². The average molecular weight is 320 g/mol. The van der Waals surface area contributed by atoms with Crippen molar-refractivity contribution in [3.63, 3.8) is 0 Å². The molecule has 3 heterocycles. The van der Waals surface area contributed by atoms with Gasteiger partial charge < -0.3 is 0 Å². The number of carbonyl (C=O) groups excluding carboxylic acids is 1. The van der Waals surface area contributed by atoms with Crippen molar-refractivity contribution in [2.45, 2.75) is 6.92 Å². The molecule has 0 N–H and O–H groups in total. The number of aryl methyl sites for hydroxylation is 1. The fourth-order valence-corrected chi connectivity index (χ4v) is 3.22. The molecule has 3 aromatic heterocycles. The summed E-state index contributed by atoms with van der Waals surface area (Å²) in [6, 6.07) is 13.6. The smallest absolute Gasteiger partial charge is 0.224 e. The minimum Gasteiger partial charge on any atom is -0.286 e. The Kier molecular flexibility index (Phi) is 3.24. The molecule has 112 valence electrons. The van der Waals surface area contributed by atoms with Gasteiger partial charge in [-0.15, -0.1) is 21.5 Å². The number of nitrogens with zero attached hydrogens (tertiary/aromatic N) is 4. The van der Waals surface area contributed by atoms with Gasteiger partial charge >= 0.3 is 0 Å². The monoisotopic (exact) mass is 320 g/mol. The quantitative estimate of drug-likeness (QED) is 0.543. The number of thiophene rings is 1. The predicted molar refractivity (Wildman–Crippen MR) is 88.7 cm³/mol. The number of ketones is 1. The summed E-state index contributed by atoms with van der Waals surface area (Å²) in [7, 11) is 0. The summed E-state index contributed by atoms with van der Waals surface area (Å²) in [5, 5.41) is 14.7. The molecule has 5 nitrogen and oxygen atoms in total. The van der Waals surface area contributed by atoms with Gasteiger partial charge in [0.25, 0.3) is 0 Å². The highest BCUT2D eigenvalue weighted by Crippen LogP contribution is 2.26. The van der Waals surface area contributed by atoms with Crippen molar-refractivity contribution in [1.29, 1.82) is 0 Å². The van der Waals surface area contributed by atoms with E-state index >= 15 is 0 Å². The number of hydrogen-bond acceptors (Lipinski definition) is 5. The second-order valence-electron chi connectivity index (χ2n) is 5.12. The number of carbonyl (C=O) groups is 1. The van der Waals surface area contributed by atoms with E-state index in [2.05, 4.69) is 15.3 Å². The van der Waals surface area contributed by atoms with Crippen molar-refractivity contribution in [3.8, 4) is 11.1 Å². The maximum atomic E-state index is 12.4. The number of rotatable bonds is 3. The molecule has 6 heteroatoms. The van der Waals surface area contributed by atoms with Crippen molar-refractivity contribution < 1.29 is 4.79 Å². The molecule has 0 saturated heterocycles. The molecule has 0 radical (unpaired) electrons. The Balaban J connectivity index is 1.84. The van der Waals surface area contributed by atoms with Crippen LogP contribution in [0, 0.1) is 6.92 Å². The number of fused-ring (bicyclic) bond motifs is 1. The van der Waals surface area contributed by atoms with E-state index in [4.69, 9.17) is 0 Å². The Morgan fingerprint density at radius 2 is 1.91 bits per heavy atom. The summed E-state index contributed by atoms with van der Waals surface area (Å²) in [6.07, 6.45) is 1.64. The Morgan fingerprint density at radius 1 is 1.09 bits per heavy atom. The zero-order valence-electron chi connectivity index (χ0n) is 12.3. The molecule has 0 aliphatic heterocycles. The second-order valence-corrected chi connectivity index (χ2v) is 6.06. The molecular weight excluding hydrogens is 308 g/mol. The molecule has 0 unspecified atom stereocenters. The highest BCUT2D eigenvalue weighted by Gasteiger charge is 2.17. The Bertz CT molecular complexity index is 990. The molecule has 4 rings (SSSR count). The van der Waals surface area contributed by atoms with Crippen LogP contribution in [0.5, 0.6) is 0 Å². The van der Waals surface area contributed by atoms with Crippen LogP contribution in [0.25, 0.3) is 16.8 Å². The normalized spacial score (nSPS) is 11.0. The van der Waals surface area contributed by atoms with E-state index in [0.29, 0.717) is 16.2 Å². The van der Waals surface area contributed by atoms with E-state index in [0.717, 1.165) is 16.8 Å². The highest BCUT2D eigenvalue weighted by molar-refractivity contribution is 7.12. The van der Waals surface area contributed by atoms with Crippen molar-refractivity contribution in [2.24, 2.45) is 0 Å². The summed E-state index contributed by atoms with van der Waals surface area (Å²) in [5.74, 6) is -0.135. The molecule has 0 bridgehead atoms. The van der Waals surface area contributed by atoms with Crippen molar-refractivity contribution in [1.82, 2.24) is 19.8 Å². The van der Waals surface area contributed by atoms with Gasteiger partial charge in [0.05, 0.1) is 22.3 Å². The molecule has 1 aromatic carbocycles. The molecule has 0 aliphatic carbocycles. The van der Waals surface area contributed by atoms with E-state index in [1.807, 2.05) is 48.7 Å². The molecule has 4 aromatic rings. The van der Waals surface area contributed by atoms with Crippen LogP contribution >= 0.6 is 11.3 Å². The van der Waals surface area contributed by atoms with Gasteiger partial charge in [0.1, 0.15) is 0 Å². The maximum absolute atomic E-state index is 12.4. The first-order valence-corrected chi connectivity index (χ1v) is 7.98.